The van der Waals surface area contributed by atoms with Crippen molar-refractivity contribution in [2.45, 2.75) is 48.1 Å². The Morgan fingerprint density at radius 3 is 1.13 bits per heavy atom. The Hall–Kier alpha value is -1.98. The van der Waals surface area contributed by atoms with E-state index in [2.05, 4.69) is 0 Å². The summed E-state index contributed by atoms with van der Waals surface area (Å²) in [6.07, 6.45) is -15.3. The second kappa shape index (κ2) is 7.31. The first kappa shape index (κ1) is 28.0. The number of alkyl halides is 15. The average Bonchev–Trinajstić information content (AvgIpc) is 2.49. The van der Waals surface area contributed by atoms with Crippen LogP contribution in [0.3, 0.4) is 0 Å². The maximum Gasteiger partial charge on any atom is 0.460 e. The highest BCUT2D eigenvalue weighted by Gasteiger charge is 2.93. The fourth-order valence-corrected chi connectivity index (χ4v) is 1.56. The molecule has 30 heavy (non-hydrogen) atoms. The first-order chi connectivity index (χ1) is 12.7. The molecule has 0 rings (SSSR count). The molecule has 0 aromatic carbocycles. The summed E-state index contributed by atoms with van der Waals surface area (Å²) in [5.41, 5.74) is -3.11. The minimum atomic E-state index is -8.58. The van der Waals surface area contributed by atoms with E-state index in [1.54, 1.807) is 0 Å². The lowest BCUT2D eigenvalue weighted by atomic mass is 9.89. The van der Waals surface area contributed by atoms with Gasteiger partial charge in [-0.1, -0.05) is 0 Å². The van der Waals surface area contributed by atoms with E-state index in [1.165, 1.54) is 0 Å². The van der Waals surface area contributed by atoms with Crippen LogP contribution in [0.4, 0.5) is 74.6 Å². The lowest BCUT2D eigenvalue weighted by molar-refractivity contribution is -0.452. The van der Waals surface area contributed by atoms with Gasteiger partial charge in [0.2, 0.25) is 0 Å². The van der Waals surface area contributed by atoms with Crippen molar-refractivity contribution < 1.29 is 84.5 Å². The minimum Gasteiger partial charge on any atom is -0.478 e. The number of carbonyl (C=O) groups is 1. The Bertz CT molecular complexity index is 697. The van der Waals surface area contributed by atoms with E-state index >= 15 is 0 Å². The molecular formula is C11H3F17O2. The predicted octanol–water partition coefficient (Wildman–Crippen LogP) is 5.99. The zero-order chi connectivity index (χ0) is 24.9. The van der Waals surface area contributed by atoms with Crippen LogP contribution in [0.1, 0.15) is 6.42 Å². The molecule has 0 aliphatic heterocycles. The molecule has 0 fully saturated rings. The van der Waals surface area contributed by atoms with E-state index in [-0.39, 0.29) is 0 Å². The molecule has 0 radical (unpaired) electrons. The third-order valence-corrected chi connectivity index (χ3v) is 3.28. The highest BCUT2D eigenvalue weighted by molar-refractivity contribution is 5.86. The molecule has 0 aliphatic rings. The highest BCUT2D eigenvalue weighted by Crippen LogP contribution is 2.62. The molecule has 19 heteroatoms. The Labute approximate surface area is 151 Å². The summed E-state index contributed by atoms with van der Waals surface area (Å²) < 4.78 is 216. The molecule has 0 aromatic heterocycles. The van der Waals surface area contributed by atoms with Crippen LogP contribution in [0.5, 0.6) is 0 Å². The van der Waals surface area contributed by atoms with Gasteiger partial charge >= 0.3 is 47.7 Å². The van der Waals surface area contributed by atoms with Gasteiger partial charge in [0.25, 0.3) is 6.08 Å². The minimum absolute atomic E-state index is 3.11. The van der Waals surface area contributed by atoms with Gasteiger partial charge in [-0.2, -0.15) is 74.6 Å². The van der Waals surface area contributed by atoms with E-state index in [1.807, 2.05) is 0 Å². The van der Waals surface area contributed by atoms with Crippen molar-refractivity contribution in [3.05, 3.63) is 11.7 Å². The van der Waals surface area contributed by atoms with Gasteiger partial charge in [-0.3, -0.25) is 0 Å². The van der Waals surface area contributed by atoms with Crippen molar-refractivity contribution in [2.75, 3.05) is 0 Å². The number of carboxylic acids is 1. The molecular weight excluding hydrogens is 487 g/mol. The lowest BCUT2D eigenvalue weighted by Crippen LogP contribution is -2.72. The zero-order valence-electron chi connectivity index (χ0n) is 13.0. The Balaban J connectivity index is 6.62. The monoisotopic (exact) mass is 490 g/mol. The predicted molar refractivity (Wildman–Crippen MR) is 57.2 cm³/mol. The van der Waals surface area contributed by atoms with Crippen LogP contribution in [-0.4, -0.2) is 52.8 Å². The van der Waals surface area contributed by atoms with Crippen LogP contribution in [0.25, 0.3) is 0 Å². The van der Waals surface area contributed by atoms with E-state index < -0.39 is 65.8 Å². The van der Waals surface area contributed by atoms with E-state index in [4.69, 9.17) is 5.11 Å². The SMILES string of the molecule is O=C(O)C(CC(F)(F)C(F)(F)C(F)(F)C(F)(F)C(F)(F)C(F)(F)C(F)(F)F)=C(F)F. The molecule has 0 aliphatic carbocycles. The summed E-state index contributed by atoms with van der Waals surface area (Å²) >= 11 is 0. The van der Waals surface area contributed by atoms with Crippen molar-refractivity contribution in [2.24, 2.45) is 0 Å². The summed E-state index contributed by atoms with van der Waals surface area (Å²) in [5, 5.41) is 8.06. The normalized spacial score (nSPS) is 15.2. The Morgan fingerprint density at radius 1 is 0.567 bits per heavy atom. The van der Waals surface area contributed by atoms with Gasteiger partial charge in [-0.25, -0.2) is 4.79 Å². The van der Waals surface area contributed by atoms with Crippen molar-refractivity contribution in [1.82, 2.24) is 0 Å². The van der Waals surface area contributed by atoms with Gasteiger partial charge in [0.15, 0.2) is 0 Å². The molecule has 0 bridgehead atoms. The Kier molecular flexibility index (Phi) is 6.83. The molecule has 178 valence electrons. The van der Waals surface area contributed by atoms with Crippen LogP contribution in [0.2, 0.25) is 0 Å². The van der Waals surface area contributed by atoms with Gasteiger partial charge < -0.3 is 5.11 Å². The second-order valence-electron chi connectivity index (χ2n) is 5.30. The molecule has 0 saturated heterocycles. The maximum absolute atomic E-state index is 13.3. The van der Waals surface area contributed by atoms with Crippen molar-refractivity contribution in [1.29, 1.82) is 0 Å². The fourth-order valence-electron chi connectivity index (χ4n) is 1.56. The summed E-state index contributed by atoms with van der Waals surface area (Å²) in [6.45, 7) is 0. The first-order valence-electron chi connectivity index (χ1n) is 6.35. The molecule has 0 amide bonds. The molecule has 2 nitrogen and oxygen atoms in total. The molecule has 0 unspecified atom stereocenters. The number of hydrogen-bond acceptors (Lipinski definition) is 1. The number of hydrogen-bond donors (Lipinski definition) is 1. The van der Waals surface area contributed by atoms with Crippen molar-refractivity contribution in [3.63, 3.8) is 0 Å². The number of halogens is 17. The maximum atomic E-state index is 13.3. The van der Waals surface area contributed by atoms with Crippen molar-refractivity contribution in [3.8, 4) is 0 Å². The molecule has 0 atom stereocenters. The molecule has 0 heterocycles. The summed E-state index contributed by atoms with van der Waals surface area (Å²) in [4.78, 5) is 10.2. The molecule has 0 spiro atoms. The van der Waals surface area contributed by atoms with Crippen LogP contribution in [0.15, 0.2) is 11.7 Å². The second-order valence-corrected chi connectivity index (χ2v) is 5.30. The van der Waals surface area contributed by atoms with E-state index in [9.17, 15) is 79.4 Å². The summed E-state index contributed by atoms with van der Waals surface area (Å²) in [6, 6.07) is 0. The largest absolute Gasteiger partial charge is 0.478 e. The van der Waals surface area contributed by atoms with E-state index in [0.29, 0.717) is 0 Å². The quantitative estimate of drug-likeness (QED) is 0.336. The van der Waals surface area contributed by atoms with Crippen LogP contribution in [-0.2, 0) is 4.79 Å². The number of rotatable bonds is 8. The zero-order valence-corrected chi connectivity index (χ0v) is 13.0. The van der Waals surface area contributed by atoms with Crippen molar-refractivity contribution >= 4 is 5.97 Å². The Morgan fingerprint density at radius 2 is 0.867 bits per heavy atom. The smallest absolute Gasteiger partial charge is 0.460 e. The molecule has 1 N–H and O–H groups in total. The summed E-state index contributed by atoms with van der Waals surface area (Å²) in [7, 11) is 0. The third-order valence-electron chi connectivity index (χ3n) is 3.28. The third kappa shape index (κ3) is 3.85. The average molecular weight is 490 g/mol. The number of aliphatic carboxylic acids is 1. The van der Waals surface area contributed by atoms with Crippen LogP contribution in [0, 0.1) is 0 Å². The fraction of sp³-hybridized carbons (Fsp3) is 0.727. The number of carboxylic acid groups (broad SMARTS) is 1. The molecule has 0 saturated carbocycles. The van der Waals surface area contributed by atoms with Gasteiger partial charge in [0, 0.05) is 0 Å². The molecule has 0 aromatic rings. The standard InChI is InChI=1S/C11H3F17O2/c12-3(13)2(4(29)30)1-5(14,15)6(16,17)7(18,19)8(20,21)9(22,23)10(24,25)11(26,27)28/h1H2,(H,29,30). The van der Waals surface area contributed by atoms with Gasteiger partial charge in [-0.05, 0) is 0 Å². The van der Waals surface area contributed by atoms with Crippen LogP contribution >= 0.6 is 0 Å². The van der Waals surface area contributed by atoms with Crippen LogP contribution < -0.4 is 0 Å². The summed E-state index contributed by atoms with van der Waals surface area (Å²) in [5.74, 6) is -52.0. The first-order valence-corrected chi connectivity index (χ1v) is 6.35. The highest BCUT2D eigenvalue weighted by atomic mass is 19.4. The van der Waals surface area contributed by atoms with Gasteiger partial charge in [0.05, 0.1) is 6.42 Å². The lowest BCUT2D eigenvalue weighted by Gasteiger charge is -2.41. The van der Waals surface area contributed by atoms with Gasteiger partial charge in [0.1, 0.15) is 5.57 Å². The van der Waals surface area contributed by atoms with E-state index in [0.717, 1.165) is 0 Å². The van der Waals surface area contributed by atoms with Gasteiger partial charge in [-0.15, -0.1) is 0 Å². The topological polar surface area (TPSA) is 37.3 Å².